The highest BCUT2D eigenvalue weighted by molar-refractivity contribution is 7.99. The van der Waals surface area contributed by atoms with E-state index in [-0.39, 0.29) is 10.6 Å². The van der Waals surface area contributed by atoms with Crippen molar-refractivity contribution in [2.45, 2.75) is 16.7 Å². The summed E-state index contributed by atoms with van der Waals surface area (Å²) in [6, 6.07) is 9.57. The summed E-state index contributed by atoms with van der Waals surface area (Å²) in [7, 11) is 0. The van der Waals surface area contributed by atoms with E-state index >= 15 is 0 Å². The molecule has 0 saturated heterocycles. The molecule has 0 radical (unpaired) electrons. The summed E-state index contributed by atoms with van der Waals surface area (Å²) in [5.41, 5.74) is 1.20. The van der Waals surface area contributed by atoms with Crippen LogP contribution < -0.4 is 0 Å². The Kier molecular flexibility index (Phi) is 4.28. The van der Waals surface area contributed by atoms with Crippen molar-refractivity contribution in [1.82, 2.24) is 4.98 Å². The normalized spacial score (nSPS) is 11.0. The molecule has 3 aromatic rings. The van der Waals surface area contributed by atoms with Gasteiger partial charge in [0.05, 0.1) is 16.1 Å². The molecule has 23 heavy (non-hydrogen) atoms. The lowest BCUT2D eigenvalue weighted by Crippen LogP contribution is -1.98. The molecule has 0 bridgehead atoms. The van der Waals surface area contributed by atoms with E-state index in [1.807, 2.05) is 6.92 Å². The molecule has 0 spiro atoms. The number of H-pyrrole nitrogens is 1. The molecule has 0 unspecified atom stereocenters. The largest absolute Gasteiger partial charge is 0.379 e. The molecular weight excluding hydrogens is 344 g/mol. The molecule has 0 aliphatic rings. The molecule has 0 fully saturated rings. The van der Waals surface area contributed by atoms with Crippen LogP contribution in [-0.2, 0) is 4.94 Å². The summed E-state index contributed by atoms with van der Waals surface area (Å²) in [5, 5.41) is 0.732. The van der Waals surface area contributed by atoms with Crippen LogP contribution in [0.15, 0.2) is 46.2 Å². The van der Waals surface area contributed by atoms with Crippen LogP contribution in [-0.4, -0.2) is 11.0 Å². The number of fused-ring (bicyclic) bond motifs is 1. The highest BCUT2D eigenvalue weighted by atomic mass is 35.5. The van der Waals surface area contributed by atoms with E-state index in [4.69, 9.17) is 11.6 Å². The van der Waals surface area contributed by atoms with Gasteiger partial charge in [0.2, 0.25) is 0 Å². The Balaban J connectivity index is 2.04. The highest BCUT2D eigenvalue weighted by Gasteiger charge is 2.16. The lowest BCUT2D eigenvalue weighted by molar-refractivity contribution is -0.0788. The lowest BCUT2D eigenvalue weighted by Gasteiger charge is -2.04. The minimum atomic E-state index is -1.05. The van der Waals surface area contributed by atoms with Crippen LogP contribution in [0.2, 0.25) is 5.02 Å². The van der Waals surface area contributed by atoms with Gasteiger partial charge in [0.25, 0.3) is 0 Å². The lowest BCUT2D eigenvalue weighted by atomic mass is 10.2. The van der Waals surface area contributed by atoms with Crippen LogP contribution in [0.5, 0.6) is 0 Å². The van der Waals surface area contributed by atoms with Crippen LogP contribution in [0.3, 0.4) is 0 Å². The van der Waals surface area contributed by atoms with E-state index in [2.05, 4.69) is 9.93 Å². The maximum absolute atomic E-state index is 14.1. The first kappa shape index (κ1) is 15.8. The maximum atomic E-state index is 14.1. The number of aryl methyl sites for hydroxylation is 1. The van der Waals surface area contributed by atoms with Gasteiger partial charge in [-0.25, -0.2) is 14.1 Å². The summed E-state index contributed by atoms with van der Waals surface area (Å²) in [5.74, 6) is -1.56. The van der Waals surface area contributed by atoms with Crippen LogP contribution in [0.1, 0.15) is 16.1 Å². The molecule has 0 aliphatic carbocycles. The number of hydrogen-bond donors (Lipinski definition) is 1. The van der Waals surface area contributed by atoms with Crippen LogP contribution in [0, 0.1) is 12.7 Å². The third-order valence-corrected chi connectivity index (χ3v) is 4.86. The smallest absolute Gasteiger partial charge is 0.355 e. The van der Waals surface area contributed by atoms with E-state index in [1.165, 1.54) is 30.0 Å². The third kappa shape index (κ3) is 2.92. The van der Waals surface area contributed by atoms with Gasteiger partial charge < -0.3 is 4.98 Å². The Bertz CT molecular complexity index is 910. The standard InChI is InChI=1S/C16H10ClF2NO2S/c1-8-15(11-5-6-12(17)13(18)14(11)20-8)23-10-4-2-3-9(7-10)16(21)22-19/h2-7,20H,1H3. The van der Waals surface area contributed by atoms with E-state index in [9.17, 15) is 13.7 Å². The van der Waals surface area contributed by atoms with E-state index in [1.54, 1.807) is 18.2 Å². The molecule has 1 heterocycles. The first-order valence-corrected chi connectivity index (χ1v) is 7.78. The van der Waals surface area contributed by atoms with Crippen molar-refractivity contribution >= 4 is 40.2 Å². The molecule has 1 N–H and O–H groups in total. The molecule has 0 amide bonds. The number of aromatic amines is 1. The molecule has 1 aromatic heterocycles. The average Bonchev–Trinajstić information content (AvgIpc) is 2.87. The van der Waals surface area contributed by atoms with Crippen molar-refractivity contribution in [3.63, 3.8) is 0 Å². The van der Waals surface area contributed by atoms with Crippen molar-refractivity contribution in [1.29, 1.82) is 0 Å². The van der Waals surface area contributed by atoms with Crippen molar-refractivity contribution < 1.29 is 18.7 Å². The van der Waals surface area contributed by atoms with Gasteiger partial charge >= 0.3 is 5.97 Å². The van der Waals surface area contributed by atoms with Gasteiger partial charge in [-0.2, -0.15) is 0 Å². The number of rotatable bonds is 3. The molecule has 3 rings (SSSR count). The molecular formula is C16H10ClF2NO2S. The predicted octanol–water partition coefficient (Wildman–Crippen LogP) is 5.46. The van der Waals surface area contributed by atoms with Gasteiger partial charge in [0.1, 0.15) is 0 Å². The minimum absolute atomic E-state index is 0.0444. The Morgan fingerprint density at radius 3 is 2.83 bits per heavy atom. The number of benzene rings is 2. The number of halogens is 3. The second-order valence-electron chi connectivity index (χ2n) is 4.86. The Labute approximate surface area is 139 Å². The fourth-order valence-corrected chi connectivity index (χ4v) is 3.50. The fraction of sp³-hybridized carbons (Fsp3) is 0.0625. The second-order valence-corrected chi connectivity index (χ2v) is 6.35. The molecule has 3 nitrogen and oxygen atoms in total. The van der Waals surface area contributed by atoms with Gasteiger partial charge in [-0.3, -0.25) is 0 Å². The Morgan fingerprint density at radius 1 is 1.30 bits per heavy atom. The third-order valence-electron chi connectivity index (χ3n) is 3.35. The Hall–Kier alpha value is -2.05. The number of aromatic nitrogens is 1. The summed E-state index contributed by atoms with van der Waals surface area (Å²) in [4.78, 5) is 19.0. The van der Waals surface area contributed by atoms with Crippen molar-refractivity contribution in [3.05, 3.63) is 58.5 Å². The number of hydrogen-bond acceptors (Lipinski definition) is 3. The maximum Gasteiger partial charge on any atom is 0.379 e. The topological polar surface area (TPSA) is 42.1 Å². The second kappa shape index (κ2) is 6.22. The van der Waals surface area contributed by atoms with Gasteiger partial charge in [0.15, 0.2) is 5.82 Å². The summed E-state index contributed by atoms with van der Waals surface area (Å²) in [6.45, 7) is 1.81. The summed E-state index contributed by atoms with van der Waals surface area (Å²) >= 11 is 7.13. The van der Waals surface area contributed by atoms with Crippen LogP contribution >= 0.6 is 23.4 Å². The molecule has 118 valence electrons. The number of carbonyl (C=O) groups excluding carboxylic acids is 1. The molecule has 0 saturated carbocycles. The Morgan fingerprint density at radius 2 is 2.09 bits per heavy atom. The van der Waals surface area contributed by atoms with E-state index in [0.29, 0.717) is 15.8 Å². The summed E-state index contributed by atoms with van der Waals surface area (Å²) < 4.78 is 26.1. The van der Waals surface area contributed by atoms with Crippen LogP contribution in [0.4, 0.5) is 8.92 Å². The molecule has 7 heteroatoms. The summed E-state index contributed by atoms with van der Waals surface area (Å²) in [6.07, 6.45) is 0. The minimum Gasteiger partial charge on any atom is -0.355 e. The zero-order valence-electron chi connectivity index (χ0n) is 11.8. The van der Waals surface area contributed by atoms with E-state index in [0.717, 1.165) is 10.6 Å². The van der Waals surface area contributed by atoms with Gasteiger partial charge in [0, 0.05) is 25.4 Å². The monoisotopic (exact) mass is 353 g/mol. The zero-order chi connectivity index (χ0) is 16.6. The SMILES string of the molecule is Cc1[nH]c2c(F)c(Cl)ccc2c1Sc1cccc(C(=O)OF)c1. The first-order valence-electron chi connectivity index (χ1n) is 6.58. The molecule has 0 atom stereocenters. The average molecular weight is 354 g/mol. The molecule has 2 aromatic carbocycles. The quantitative estimate of drug-likeness (QED) is 0.679. The van der Waals surface area contributed by atoms with E-state index < -0.39 is 11.8 Å². The number of nitrogens with one attached hydrogen (secondary N) is 1. The molecule has 0 aliphatic heterocycles. The highest BCUT2D eigenvalue weighted by Crippen LogP contribution is 2.38. The van der Waals surface area contributed by atoms with Gasteiger partial charge in [-0.1, -0.05) is 29.4 Å². The predicted molar refractivity (Wildman–Crippen MR) is 85.1 cm³/mol. The van der Waals surface area contributed by atoms with Crippen LogP contribution in [0.25, 0.3) is 10.9 Å². The first-order chi connectivity index (χ1) is 11.0. The number of carbonyl (C=O) groups is 1. The van der Waals surface area contributed by atoms with Gasteiger partial charge in [-0.15, -0.1) is 0 Å². The van der Waals surface area contributed by atoms with Crippen molar-refractivity contribution in [2.75, 3.05) is 0 Å². The van der Waals surface area contributed by atoms with Crippen molar-refractivity contribution in [3.8, 4) is 0 Å². The zero-order valence-corrected chi connectivity index (χ0v) is 13.4. The van der Waals surface area contributed by atoms with Gasteiger partial charge in [-0.05, 0) is 37.3 Å². The fourth-order valence-electron chi connectivity index (χ4n) is 2.29. The van der Waals surface area contributed by atoms with Crippen molar-refractivity contribution in [2.24, 2.45) is 0 Å².